The number of aliphatic hydroxyl groups excluding tert-OH is 1. The average Bonchev–Trinajstić information content (AvgIpc) is 2.71. The minimum atomic E-state index is -0.895. The maximum Gasteiger partial charge on any atom is 0.256 e. The van der Waals surface area contributed by atoms with Crippen LogP contribution >= 0.6 is 11.6 Å². The number of halogens is 1. The summed E-state index contributed by atoms with van der Waals surface area (Å²) in [6.45, 7) is 2.16. The molecule has 7 heteroatoms. The number of carbonyl (C=O) groups is 1. The first-order chi connectivity index (χ1) is 13.6. The maximum absolute atomic E-state index is 11.1. The number of aldehydes is 1. The molecule has 0 spiro atoms. The fraction of sp³-hybridized carbons (Fsp3) is 0.429. The highest BCUT2D eigenvalue weighted by molar-refractivity contribution is 6.29. The van der Waals surface area contributed by atoms with Gasteiger partial charge in [0.05, 0.1) is 18.3 Å². The van der Waals surface area contributed by atoms with E-state index in [9.17, 15) is 9.90 Å². The Morgan fingerprint density at radius 2 is 2.21 bits per heavy atom. The van der Waals surface area contributed by atoms with Crippen LogP contribution in [0.25, 0.3) is 0 Å². The molecule has 0 fully saturated rings. The highest BCUT2D eigenvalue weighted by atomic mass is 35.5. The third kappa shape index (κ3) is 5.29. The van der Waals surface area contributed by atoms with Crippen LogP contribution in [0, 0.1) is 0 Å². The van der Waals surface area contributed by atoms with Crippen molar-refractivity contribution >= 4 is 17.9 Å². The summed E-state index contributed by atoms with van der Waals surface area (Å²) in [6.07, 6.45) is 2.44. The smallest absolute Gasteiger partial charge is 0.256 e. The van der Waals surface area contributed by atoms with Crippen molar-refractivity contribution in [2.45, 2.75) is 44.6 Å². The highest BCUT2D eigenvalue weighted by Gasteiger charge is 2.23. The van der Waals surface area contributed by atoms with Crippen molar-refractivity contribution in [3.63, 3.8) is 0 Å². The normalized spacial score (nSPS) is 18.2. The number of rotatable bonds is 9. The van der Waals surface area contributed by atoms with Crippen LogP contribution in [-0.4, -0.2) is 41.9 Å². The number of carbonyl (C=O) groups excluding carboxylic acids is 1. The van der Waals surface area contributed by atoms with Crippen LogP contribution in [0.3, 0.4) is 0 Å². The number of aryl methyl sites for hydroxylation is 1. The van der Waals surface area contributed by atoms with Gasteiger partial charge in [0.2, 0.25) is 0 Å². The molecule has 1 heterocycles. The van der Waals surface area contributed by atoms with E-state index in [1.165, 1.54) is 5.56 Å². The van der Waals surface area contributed by atoms with E-state index >= 15 is 0 Å². The second-order valence-corrected chi connectivity index (χ2v) is 7.12. The van der Waals surface area contributed by atoms with Crippen LogP contribution in [0.15, 0.2) is 36.4 Å². The van der Waals surface area contributed by atoms with Crippen LogP contribution in [-0.2, 0) is 22.4 Å². The van der Waals surface area contributed by atoms with Gasteiger partial charge >= 0.3 is 0 Å². The molecule has 0 saturated heterocycles. The van der Waals surface area contributed by atoms with Gasteiger partial charge in [0, 0.05) is 12.6 Å². The molecule has 1 aliphatic rings. The van der Waals surface area contributed by atoms with E-state index < -0.39 is 6.29 Å². The van der Waals surface area contributed by atoms with Gasteiger partial charge in [-0.3, -0.25) is 4.79 Å². The second-order valence-electron chi connectivity index (χ2n) is 6.73. The topological polar surface area (TPSA) is 80.7 Å². The Morgan fingerprint density at radius 3 is 2.93 bits per heavy atom. The Hall–Kier alpha value is -1.99. The minimum Gasteiger partial charge on any atom is -0.458 e. The molecule has 2 N–H and O–H groups in total. The number of aliphatic hydroxyl groups is 1. The lowest BCUT2D eigenvalue weighted by molar-refractivity contribution is -0.136. The maximum atomic E-state index is 11.1. The van der Waals surface area contributed by atoms with Crippen molar-refractivity contribution in [3.05, 3.63) is 58.4 Å². The minimum absolute atomic E-state index is 0.0603. The van der Waals surface area contributed by atoms with Crippen molar-refractivity contribution in [3.8, 4) is 5.75 Å². The first-order valence-electron chi connectivity index (χ1n) is 9.47. The summed E-state index contributed by atoms with van der Waals surface area (Å²) in [4.78, 5) is 15.4. The molecule has 2 unspecified atom stereocenters. The molecule has 6 nitrogen and oxygen atoms in total. The molecule has 1 aromatic carbocycles. The third-order valence-electron chi connectivity index (χ3n) is 4.81. The number of nitrogens with zero attached hydrogens (tertiary/aromatic N) is 1. The number of hydrogen-bond acceptors (Lipinski definition) is 6. The molecular formula is C21H25ClN2O4. The summed E-state index contributed by atoms with van der Waals surface area (Å²) >= 11 is 5.98. The number of hydrogen-bond donors (Lipinski definition) is 2. The molecule has 2 aromatic rings. The van der Waals surface area contributed by atoms with Gasteiger partial charge in [0.15, 0.2) is 6.29 Å². The average molecular weight is 405 g/mol. The van der Waals surface area contributed by atoms with E-state index in [2.05, 4.69) is 10.3 Å². The van der Waals surface area contributed by atoms with Crippen LogP contribution < -0.4 is 10.1 Å². The molecule has 28 heavy (non-hydrogen) atoms. The fourth-order valence-electron chi connectivity index (χ4n) is 3.48. The van der Waals surface area contributed by atoms with E-state index in [1.807, 2.05) is 37.3 Å². The van der Waals surface area contributed by atoms with E-state index in [0.717, 1.165) is 30.5 Å². The summed E-state index contributed by atoms with van der Waals surface area (Å²) in [6, 6.07) is 11.2. The molecule has 0 aliphatic heterocycles. The van der Waals surface area contributed by atoms with Gasteiger partial charge in [-0.25, -0.2) is 4.98 Å². The van der Waals surface area contributed by atoms with Gasteiger partial charge in [-0.2, -0.15) is 0 Å². The zero-order valence-corrected chi connectivity index (χ0v) is 16.6. The molecule has 0 radical (unpaired) electrons. The fourth-order valence-corrected chi connectivity index (χ4v) is 3.65. The van der Waals surface area contributed by atoms with E-state index in [-0.39, 0.29) is 18.7 Å². The van der Waals surface area contributed by atoms with Crippen LogP contribution in [0.1, 0.15) is 36.2 Å². The molecule has 3 rings (SSSR count). The summed E-state index contributed by atoms with van der Waals surface area (Å²) < 4.78 is 10.9. The number of benzene rings is 1. The summed E-state index contributed by atoms with van der Waals surface area (Å²) in [5.74, 6) is 0.611. The number of nitrogens with one attached hydrogen (secondary N) is 1. The van der Waals surface area contributed by atoms with Crippen molar-refractivity contribution in [2.75, 3.05) is 13.2 Å². The Kier molecular flexibility index (Phi) is 7.39. The summed E-state index contributed by atoms with van der Waals surface area (Å²) in [7, 11) is 0. The van der Waals surface area contributed by atoms with E-state index in [0.29, 0.717) is 23.8 Å². The number of aromatic nitrogens is 1. The molecule has 1 aliphatic carbocycles. The lowest BCUT2D eigenvalue weighted by Crippen LogP contribution is -2.39. The number of ether oxygens (including phenoxy) is 2. The lowest BCUT2D eigenvalue weighted by Gasteiger charge is -2.29. The number of fused-ring (bicyclic) bond motifs is 1. The van der Waals surface area contributed by atoms with Crippen molar-refractivity contribution in [1.29, 1.82) is 0 Å². The van der Waals surface area contributed by atoms with Crippen molar-refractivity contribution in [1.82, 2.24) is 10.3 Å². The molecule has 0 saturated carbocycles. The monoisotopic (exact) mass is 404 g/mol. The predicted octanol–water partition coefficient (Wildman–Crippen LogP) is 2.86. The van der Waals surface area contributed by atoms with Crippen molar-refractivity contribution in [2.24, 2.45) is 0 Å². The lowest BCUT2D eigenvalue weighted by atomic mass is 9.87. The zero-order valence-electron chi connectivity index (χ0n) is 15.8. The predicted molar refractivity (Wildman–Crippen MR) is 107 cm³/mol. The van der Waals surface area contributed by atoms with Gasteiger partial charge in [-0.05, 0) is 61.6 Å². The molecule has 0 amide bonds. The SMILES string of the molecule is CCOC(C=O)Oc1ccc2c(c1)CC(N[C@H](CO)c1cccc(Cl)n1)CC2. The Morgan fingerprint density at radius 1 is 1.36 bits per heavy atom. The van der Waals surface area contributed by atoms with Crippen LogP contribution in [0.2, 0.25) is 5.15 Å². The van der Waals surface area contributed by atoms with Gasteiger partial charge in [0.25, 0.3) is 6.29 Å². The Balaban J connectivity index is 1.68. The second kappa shape index (κ2) is 9.98. The quantitative estimate of drug-likeness (QED) is 0.380. The molecule has 1 aromatic heterocycles. The van der Waals surface area contributed by atoms with Gasteiger partial charge < -0.3 is 19.9 Å². The zero-order chi connectivity index (χ0) is 19.9. The number of pyridine rings is 1. The molecule has 3 atom stereocenters. The van der Waals surface area contributed by atoms with Gasteiger partial charge in [0.1, 0.15) is 10.9 Å². The van der Waals surface area contributed by atoms with E-state index in [1.54, 1.807) is 6.07 Å². The molecule has 0 bridgehead atoms. The van der Waals surface area contributed by atoms with E-state index in [4.69, 9.17) is 21.1 Å². The highest BCUT2D eigenvalue weighted by Crippen LogP contribution is 2.27. The Labute approximate surface area is 169 Å². The van der Waals surface area contributed by atoms with Crippen LogP contribution in [0.4, 0.5) is 0 Å². The van der Waals surface area contributed by atoms with Gasteiger partial charge in [-0.1, -0.05) is 23.7 Å². The first-order valence-corrected chi connectivity index (χ1v) is 9.85. The summed E-state index contributed by atoms with van der Waals surface area (Å²) in [5, 5.41) is 13.7. The molecule has 150 valence electrons. The third-order valence-corrected chi connectivity index (χ3v) is 5.02. The van der Waals surface area contributed by atoms with Crippen molar-refractivity contribution < 1.29 is 19.4 Å². The summed E-state index contributed by atoms with van der Waals surface area (Å²) in [5.41, 5.74) is 3.16. The van der Waals surface area contributed by atoms with Gasteiger partial charge in [-0.15, -0.1) is 0 Å². The van der Waals surface area contributed by atoms with Crippen LogP contribution in [0.5, 0.6) is 5.75 Å². The standard InChI is InChI=1S/C21H25ClN2O4/c1-2-27-21(13-26)28-17-9-7-14-6-8-16(10-15(14)11-17)23-19(12-25)18-4-3-5-20(22)24-18/h3-5,7,9,11,13,16,19,21,23,25H,2,6,8,10,12H2,1H3/t16?,19-,21?/m1/s1. The Bertz CT molecular complexity index is 802. The largest absolute Gasteiger partial charge is 0.458 e. The first kappa shape index (κ1) is 20.7. The molecular weight excluding hydrogens is 380 g/mol.